The molecule has 0 atom stereocenters. The van der Waals surface area contributed by atoms with E-state index >= 15 is 0 Å². The molecule has 2 rings (SSSR count). The van der Waals surface area contributed by atoms with Crippen molar-refractivity contribution in [2.75, 3.05) is 5.32 Å². The van der Waals surface area contributed by atoms with Gasteiger partial charge in [0.25, 0.3) is 0 Å². The molecule has 2 aromatic rings. The van der Waals surface area contributed by atoms with Crippen molar-refractivity contribution in [2.45, 2.75) is 6.61 Å². The monoisotopic (exact) mass is 305 g/mol. The van der Waals surface area contributed by atoms with Crippen molar-refractivity contribution < 1.29 is 19.4 Å². The smallest absolute Gasteiger partial charge is 0.411 e. The summed E-state index contributed by atoms with van der Waals surface area (Å²) in [5, 5.41) is 11.6. The second-order valence-electron chi connectivity index (χ2n) is 4.22. The van der Waals surface area contributed by atoms with Gasteiger partial charge in [-0.1, -0.05) is 41.9 Å². The molecule has 2 aromatic carbocycles. The van der Waals surface area contributed by atoms with Crippen LogP contribution in [0.5, 0.6) is 0 Å². The molecule has 0 spiro atoms. The number of benzene rings is 2. The lowest BCUT2D eigenvalue weighted by molar-refractivity contribution is 0.0696. The van der Waals surface area contributed by atoms with E-state index in [0.29, 0.717) is 0 Å². The Morgan fingerprint density at radius 3 is 2.52 bits per heavy atom. The third-order valence-electron chi connectivity index (χ3n) is 2.60. The fourth-order valence-electron chi connectivity index (χ4n) is 1.66. The maximum atomic E-state index is 11.7. The van der Waals surface area contributed by atoms with Crippen molar-refractivity contribution in [1.82, 2.24) is 0 Å². The summed E-state index contributed by atoms with van der Waals surface area (Å²) in [6.45, 7) is 0.124. The minimum Gasteiger partial charge on any atom is -0.478 e. The van der Waals surface area contributed by atoms with Crippen LogP contribution in [0.3, 0.4) is 0 Å². The fraction of sp³-hybridized carbons (Fsp3) is 0.0667. The number of amides is 1. The predicted octanol–water partition coefficient (Wildman–Crippen LogP) is 3.79. The summed E-state index contributed by atoms with van der Waals surface area (Å²) in [4.78, 5) is 22.6. The number of ether oxygens (including phenoxy) is 1. The topological polar surface area (TPSA) is 75.6 Å². The highest BCUT2D eigenvalue weighted by Gasteiger charge is 2.09. The van der Waals surface area contributed by atoms with E-state index in [4.69, 9.17) is 21.4 Å². The quantitative estimate of drug-likeness (QED) is 0.901. The van der Waals surface area contributed by atoms with Crippen molar-refractivity contribution in [3.05, 3.63) is 64.7 Å². The molecule has 5 nitrogen and oxygen atoms in total. The van der Waals surface area contributed by atoms with Crippen LogP contribution in [0.25, 0.3) is 0 Å². The van der Waals surface area contributed by atoms with Crippen LogP contribution in [0.15, 0.2) is 48.5 Å². The van der Waals surface area contributed by atoms with Crippen molar-refractivity contribution in [1.29, 1.82) is 0 Å². The molecular weight excluding hydrogens is 294 g/mol. The van der Waals surface area contributed by atoms with Gasteiger partial charge in [-0.05, 0) is 23.8 Å². The predicted molar refractivity (Wildman–Crippen MR) is 78.7 cm³/mol. The average Bonchev–Trinajstić information content (AvgIpc) is 2.45. The molecule has 0 saturated heterocycles. The maximum Gasteiger partial charge on any atom is 0.411 e. The highest BCUT2D eigenvalue weighted by molar-refractivity contribution is 6.31. The summed E-state index contributed by atoms with van der Waals surface area (Å²) in [7, 11) is 0. The molecule has 0 bridgehead atoms. The highest BCUT2D eigenvalue weighted by atomic mass is 35.5. The molecule has 0 aliphatic rings. The summed E-state index contributed by atoms with van der Waals surface area (Å²) in [6.07, 6.45) is -0.683. The Kier molecular flexibility index (Phi) is 4.79. The molecule has 6 heteroatoms. The number of rotatable bonds is 4. The first-order valence-electron chi connectivity index (χ1n) is 6.06. The lowest BCUT2D eigenvalue weighted by Crippen LogP contribution is -2.14. The summed E-state index contributed by atoms with van der Waals surface area (Å²) in [5.41, 5.74) is 1.10. The van der Waals surface area contributed by atoms with Gasteiger partial charge in [0.1, 0.15) is 6.61 Å². The van der Waals surface area contributed by atoms with Crippen LogP contribution in [0.4, 0.5) is 10.5 Å². The minimum absolute atomic E-state index is 0.0131. The summed E-state index contributed by atoms with van der Waals surface area (Å²) in [5.74, 6) is -1.13. The molecule has 0 heterocycles. The van der Waals surface area contributed by atoms with Gasteiger partial charge in [0, 0.05) is 10.7 Å². The molecule has 0 radical (unpaired) electrons. The molecule has 0 aromatic heterocycles. The zero-order chi connectivity index (χ0) is 15.2. The number of hydrogen-bond donors (Lipinski definition) is 2. The fourth-order valence-corrected chi connectivity index (χ4v) is 1.90. The number of carboxylic acids is 1. The third-order valence-corrected chi connectivity index (χ3v) is 2.82. The van der Waals surface area contributed by atoms with Crippen molar-refractivity contribution >= 4 is 29.4 Å². The number of halogens is 1. The molecule has 21 heavy (non-hydrogen) atoms. The van der Waals surface area contributed by atoms with E-state index in [1.54, 1.807) is 0 Å². The van der Waals surface area contributed by atoms with Gasteiger partial charge in [0.2, 0.25) is 0 Å². The van der Waals surface area contributed by atoms with Crippen LogP contribution in [0, 0.1) is 0 Å². The SMILES string of the molecule is O=C(Nc1cc(Cl)cc(C(=O)O)c1)OCc1ccccc1. The first-order chi connectivity index (χ1) is 10.0. The van der Waals surface area contributed by atoms with E-state index in [9.17, 15) is 9.59 Å². The Morgan fingerprint density at radius 2 is 1.86 bits per heavy atom. The van der Waals surface area contributed by atoms with Crippen LogP contribution in [0.2, 0.25) is 5.02 Å². The second kappa shape index (κ2) is 6.76. The third kappa shape index (κ3) is 4.50. The zero-order valence-corrected chi connectivity index (χ0v) is 11.6. The van der Waals surface area contributed by atoms with Crippen molar-refractivity contribution in [3.63, 3.8) is 0 Å². The minimum atomic E-state index is -1.13. The summed E-state index contributed by atoms with van der Waals surface area (Å²) < 4.78 is 5.03. The van der Waals surface area contributed by atoms with E-state index in [2.05, 4.69) is 5.32 Å². The lowest BCUT2D eigenvalue weighted by atomic mass is 10.2. The second-order valence-corrected chi connectivity index (χ2v) is 4.66. The first-order valence-corrected chi connectivity index (χ1v) is 6.44. The van der Waals surface area contributed by atoms with Crippen LogP contribution in [0.1, 0.15) is 15.9 Å². The van der Waals surface area contributed by atoms with Crippen LogP contribution < -0.4 is 5.32 Å². The Bertz CT molecular complexity index is 658. The molecule has 0 aliphatic carbocycles. The van der Waals surface area contributed by atoms with E-state index in [1.807, 2.05) is 30.3 Å². The van der Waals surface area contributed by atoms with Gasteiger partial charge in [0.05, 0.1) is 5.56 Å². The number of carbonyl (C=O) groups is 2. The lowest BCUT2D eigenvalue weighted by Gasteiger charge is -2.08. The molecule has 1 amide bonds. The Morgan fingerprint density at radius 1 is 1.14 bits per heavy atom. The normalized spacial score (nSPS) is 9.95. The van der Waals surface area contributed by atoms with Crippen LogP contribution in [-0.2, 0) is 11.3 Å². The summed E-state index contributed by atoms with van der Waals surface area (Å²) in [6, 6.07) is 13.2. The number of aromatic carboxylic acids is 1. The van der Waals surface area contributed by atoms with Crippen LogP contribution in [-0.4, -0.2) is 17.2 Å². The molecule has 108 valence electrons. The van der Waals surface area contributed by atoms with Gasteiger partial charge in [0.15, 0.2) is 0 Å². The van der Waals surface area contributed by atoms with Gasteiger partial charge >= 0.3 is 12.1 Å². The molecule has 0 aliphatic heterocycles. The van der Waals surface area contributed by atoms with Gasteiger partial charge in [-0.3, -0.25) is 5.32 Å². The number of anilines is 1. The molecule has 0 fully saturated rings. The van der Waals surface area contributed by atoms with Gasteiger partial charge < -0.3 is 9.84 Å². The Hall–Kier alpha value is -2.53. The number of carboxylic acid groups (broad SMARTS) is 1. The molecule has 0 unspecified atom stereocenters. The number of carbonyl (C=O) groups excluding carboxylic acids is 1. The van der Waals surface area contributed by atoms with Crippen molar-refractivity contribution in [2.24, 2.45) is 0 Å². The Balaban J connectivity index is 1.98. The van der Waals surface area contributed by atoms with E-state index < -0.39 is 12.1 Å². The largest absolute Gasteiger partial charge is 0.478 e. The average molecular weight is 306 g/mol. The van der Waals surface area contributed by atoms with E-state index in [1.165, 1.54) is 18.2 Å². The summed E-state index contributed by atoms with van der Waals surface area (Å²) >= 11 is 5.80. The van der Waals surface area contributed by atoms with Crippen LogP contribution >= 0.6 is 11.6 Å². The van der Waals surface area contributed by atoms with E-state index in [-0.39, 0.29) is 22.9 Å². The van der Waals surface area contributed by atoms with Crippen molar-refractivity contribution in [3.8, 4) is 0 Å². The molecule has 2 N–H and O–H groups in total. The number of nitrogens with one attached hydrogen (secondary N) is 1. The first kappa shape index (κ1) is 14.9. The maximum absolute atomic E-state index is 11.7. The number of hydrogen-bond acceptors (Lipinski definition) is 3. The zero-order valence-electron chi connectivity index (χ0n) is 10.9. The van der Waals surface area contributed by atoms with Gasteiger partial charge in [-0.2, -0.15) is 0 Å². The highest BCUT2D eigenvalue weighted by Crippen LogP contribution is 2.19. The van der Waals surface area contributed by atoms with Gasteiger partial charge in [-0.25, -0.2) is 9.59 Å². The van der Waals surface area contributed by atoms with Gasteiger partial charge in [-0.15, -0.1) is 0 Å². The Labute approximate surface area is 126 Å². The molecule has 0 saturated carbocycles. The molecular formula is C15H12ClNO4. The van der Waals surface area contributed by atoms with E-state index in [0.717, 1.165) is 5.56 Å². The standard InChI is InChI=1S/C15H12ClNO4/c16-12-6-11(14(18)19)7-13(8-12)17-15(20)21-9-10-4-2-1-3-5-10/h1-8H,9H2,(H,17,20)(H,18,19).